The maximum atomic E-state index is 2.33. The lowest BCUT2D eigenvalue weighted by Gasteiger charge is -2.13. The Morgan fingerprint density at radius 3 is 1.95 bits per heavy atom. The quantitative estimate of drug-likeness (QED) is 0.433. The molecule has 1 heteroatoms. The second-order valence-corrected chi connectivity index (χ2v) is 6.70. The zero-order valence-corrected chi connectivity index (χ0v) is 11.2. The van der Waals surface area contributed by atoms with Crippen LogP contribution in [-0.2, 0) is 10.9 Å². The maximum absolute atomic E-state index is 2.33. The molecule has 2 aliphatic heterocycles. The van der Waals surface area contributed by atoms with Crippen LogP contribution in [0.15, 0.2) is 93.5 Å². The van der Waals surface area contributed by atoms with Gasteiger partial charge in [-0.3, -0.25) is 0 Å². The third kappa shape index (κ3) is 1.78. The molecule has 0 saturated heterocycles. The molecule has 0 spiro atoms. The molecule has 0 fully saturated rings. The molecule has 90 valence electrons. The van der Waals surface area contributed by atoms with E-state index in [1.165, 1.54) is 25.8 Å². The molecule has 4 bridgehead atoms. The van der Waals surface area contributed by atoms with Crippen molar-refractivity contribution >= 4 is 10.9 Å². The maximum Gasteiger partial charge on any atom is 0.167 e. The highest BCUT2D eigenvalue weighted by Gasteiger charge is 2.30. The second kappa shape index (κ2) is 4.29. The molecule has 3 aromatic carbocycles. The van der Waals surface area contributed by atoms with Crippen molar-refractivity contribution in [3.63, 3.8) is 0 Å². The fraction of sp³-hybridized carbons (Fsp3) is 0. The molecule has 2 aliphatic rings. The number of fused-ring (bicyclic) bond motifs is 2. The molecular formula is C18H13S+. The molecular weight excluding hydrogens is 248 g/mol. The highest BCUT2D eigenvalue weighted by atomic mass is 32.2. The van der Waals surface area contributed by atoms with Gasteiger partial charge in [0, 0.05) is 6.07 Å². The Kier molecular flexibility index (Phi) is 2.46. The van der Waals surface area contributed by atoms with E-state index >= 15 is 0 Å². The monoisotopic (exact) mass is 261 g/mol. The molecule has 0 radical (unpaired) electrons. The largest absolute Gasteiger partial charge is 0.167 e. The van der Waals surface area contributed by atoms with E-state index in [2.05, 4.69) is 78.9 Å². The van der Waals surface area contributed by atoms with Gasteiger partial charge < -0.3 is 0 Å². The van der Waals surface area contributed by atoms with Gasteiger partial charge in [0.15, 0.2) is 14.7 Å². The Bertz CT molecular complexity index is 714. The SMILES string of the molecule is c1ccc([S+]2c3ccc(cc3)-c3cccc2c3)cc1. The number of rotatable bonds is 1. The van der Waals surface area contributed by atoms with Crippen molar-refractivity contribution in [3.8, 4) is 11.1 Å². The Balaban J connectivity index is 2.01. The second-order valence-electron chi connectivity index (χ2n) is 4.67. The summed E-state index contributed by atoms with van der Waals surface area (Å²) in [6.07, 6.45) is 0. The van der Waals surface area contributed by atoms with Crippen LogP contribution >= 0.6 is 0 Å². The molecule has 1 unspecified atom stereocenters. The summed E-state index contributed by atoms with van der Waals surface area (Å²) < 4.78 is 0. The minimum absolute atomic E-state index is 0.0195. The molecule has 1 atom stereocenters. The van der Waals surface area contributed by atoms with Crippen LogP contribution in [0.5, 0.6) is 0 Å². The first kappa shape index (κ1) is 10.9. The third-order valence-electron chi connectivity index (χ3n) is 3.47. The summed E-state index contributed by atoms with van der Waals surface area (Å²) in [5.41, 5.74) is 2.62. The van der Waals surface area contributed by atoms with Crippen LogP contribution in [0.4, 0.5) is 0 Å². The zero-order valence-electron chi connectivity index (χ0n) is 10.4. The zero-order chi connectivity index (χ0) is 12.7. The Morgan fingerprint density at radius 1 is 0.474 bits per heavy atom. The Labute approximate surface area is 116 Å². The van der Waals surface area contributed by atoms with E-state index in [0.29, 0.717) is 0 Å². The highest BCUT2D eigenvalue weighted by Crippen LogP contribution is 2.36. The Hall–Kier alpha value is -1.99. The summed E-state index contributed by atoms with van der Waals surface area (Å²) in [4.78, 5) is 4.19. The van der Waals surface area contributed by atoms with Crippen molar-refractivity contribution in [3.05, 3.63) is 78.9 Å². The van der Waals surface area contributed by atoms with Crippen molar-refractivity contribution in [2.75, 3.05) is 0 Å². The molecule has 5 rings (SSSR count). The molecule has 3 aromatic rings. The fourth-order valence-corrected chi connectivity index (χ4v) is 4.66. The van der Waals surface area contributed by atoms with Gasteiger partial charge in [0.2, 0.25) is 0 Å². The third-order valence-corrected chi connectivity index (χ3v) is 5.68. The van der Waals surface area contributed by atoms with Gasteiger partial charge in [-0.15, -0.1) is 0 Å². The summed E-state index contributed by atoms with van der Waals surface area (Å²) in [6.45, 7) is 0. The Morgan fingerprint density at radius 2 is 1.16 bits per heavy atom. The number of hydrogen-bond donors (Lipinski definition) is 0. The summed E-state index contributed by atoms with van der Waals surface area (Å²) in [5.74, 6) is 0. The molecule has 2 heterocycles. The molecule has 0 aromatic heterocycles. The molecule has 0 N–H and O–H groups in total. The molecule has 0 aliphatic carbocycles. The van der Waals surface area contributed by atoms with Crippen LogP contribution in [0, 0.1) is 0 Å². The number of benzene rings is 3. The van der Waals surface area contributed by atoms with Gasteiger partial charge >= 0.3 is 0 Å². The average Bonchev–Trinajstić information content (AvgIpc) is 2.49. The fourth-order valence-electron chi connectivity index (χ4n) is 2.55. The van der Waals surface area contributed by atoms with E-state index in [-0.39, 0.29) is 10.9 Å². The van der Waals surface area contributed by atoms with Gasteiger partial charge in [0.1, 0.15) is 0 Å². The first-order chi connectivity index (χ1) is 9.42. The van der Waals surface area contributed by atoms with Crippen molar-refractivity contribution in [2.24, 2.45) is 0 Å². The molecule has 0 saturated carbocycles. The first-order valence-corrected chi connectivity index (χ1v) is 7.64. The lowest BCUT2D eigenvalue weighted by Crippen LogP contribution is -2.06. The summed E-state index contributed by atoms with van der Waals surface area (Å²) >= 11 is 0. The van der Waals surface area contributed by atoms with Crippen LogP contribution < -0.4 is 0 Å². The summed E-state index contributed by atoms with van der Waals surface area (Å²) in [7, 11) is 0.0195. The molecule has 19 heavy (non-hydrogen) atoms. The topological polar surface area (TPSA) is 0 Å². The van der Waals surface area contributed by atoms with E-state index in [1.807, 2.05) is 0 Å². The van der Waals surface area contributed by atoms with E-state index in [1.54, 1.807) is 0 Å². The summed E-state index contributed by atoms with van der Waals surface area (Å²) in [5, 5.41) is 0. The van der Waals surface area contributed by atoms with Crippen LogP contribution in [0.3, 0.4) is 0 Å². The molecule has 0 amide bonds. The van der Waals surface area contributed by atoms with E-state index in [4.69, 9.17) is 0 Å². The minimum Gasteiger partial charge on any atom is -0.0619 e. The van der Waals surface area contributed by atoms with Gasteiger partial charge in [-0.05, 0) is 53.6 Å². The van der Waals surface area contributed by atoms with E-state index in [0.717, 1.165) is 0 Å². The lowest BCUT2D eigenvalue weighted by atomic mass is 10.1. The highest BCUT2D eigenvalue weighted by molar-refractivity contribution is 7.97. The van der Waals surface area contributed by atoms with Crippen LogP contribution in [0.25, 0.3) is 11.1 Å². The van der Waals surface area contributed by atoms with Crippen LogP contribution in [0.2, 0.25) is 0 Å². The molecule has 0 nitrogen and oxygen atoms in total. The smallest absolute Gasteiger partial charge is 0.0619 e. The van der Waals surface area contributed by atoms with Crippen LogP contribution in [-0.4, -0.2) is 0 Å². The van der Waals surface area contributed by atoms with Crippen molar-refractivity contribution < 1.29 is 0 Å². The minimum atomic E-state index is 0.0195. The summed E-state index contributed by atoms with van der Waals surface area (Å²) in [6, 6.07) is 28.7. The van der Waals surface area contributed by atoms with Crippen molar-refractivity contribution in [1.82, 2.24) is 0 Å². The predicted octanol–water partition coefficient (Wildman–Crippen LogP) is 4.76. The van der Waals surface area contributed by atoms with Crippen LogP contribution in [0.1, 0.15) is 0 Å². The van der Waals surface area contributed by atoms with Gasteiger partial charge in [-0.2, -0.15) is 0 Å². The number of hydrogen-bond acceptors (Lipinski definition) is 0. The van der Waals surface area contributed by atoms with E-state index in [9.17, 15) is 0 Å². The predicted molar refractivity (Wildman–Crippen MR) is 80.5 cm³/mol. The normalized spacial score (nSPS) is 15.9. The van der Waals surface area contributed by atoms with E-state index < -0.39 is 0 Å². The van der Waals surface area contributed by atoms with Gasteiger partial charge in [-0.25, -0.2) is 0 Å². The average molecular weight is 261 g/mol. The first-order valence-electron chi connectivity index (χ1n) is 6.42. The standard InChI is InChI=1S/C18H13S/c1-2-6-16(7-3-1)19-17-11-9-14(10-12-17)15-5-4-8-18(19)13-15/h1-13H/q+1. The van der Waals surface area contributed by atoms with Crippen molar-refractivity contribution in [1.29, 1.82) is 0 Å². The van der Waals surface area contributed by atoms with Gasteiger partial charge in [-0.1, -0.05) is 30.3 Å². The lowest BCUT2D eigenvalue weighted by molar-refractivity contribution is 1.30. The van der Waals surface area contributed by atoms with Crippen molar-refractivity contribution in [2.45, 2.75) is 14.7 Å². The van der Waals surface area contributed by atoms with Gasteiger partial charge in [0.05, 0.1) is 10.9 Å². The van der Waals surface area contributed by atoms with Gasteiger partial charge in [0.25, 0.3) is 0 Å².